The highest BCUT2D eigenvalue weighted by molar-refractivity contribution is 8.93. The van der Waals surface area contributed by atoms with Crippen molar-refractivity contribution in [3.05, 3.63) is 63.8 Å². The van der Waals surface area contributed by atoms with Crippen LogP contribution in [0.3, 0.4) is 0 Å². The van der Waals surface area contributed by atoms with Gasteiger partial charge >= 0.3 is 0 Å². The van der Waals surface area contributed by atoms with Crippen molar-refractivity contribution in [1.82, 2.24) is 4.68 Å². The fourth-order valence-electron chi connectivity index (χ4n) is 3.40. The highest BCUT2D eigenvalue weighted by Gasteiger charge is 2.17. The zero-order chi connectivity index (χ0) is 19.5. The number of aryl methyl sites for hydroxylation is 2. The van der Waals surface area contributed by atoms with Crippen LogP contribution < -0.4 is 14.5 Å². The van der Waals surface area contributed by atoms with E-state index in [1.165, 1.54) is 11.1 Å². The number of methoxy groups -OCH3 is 1. The molecule has 5 nitrogen and oxygen atoms in total. The van der Waals surface area contributed by atoms with Crippen LogP contribution >= 0.6 is 28.3 Å². The molecule has 2 aromatic carbocycles. The predicted octanol–water partition coefficient (Wildman–Crippen LogP) is 4.62. The predicted molar refractivity (Wildman–Crippen MR) is 125 cm³/mol. The standard InChI is InChI=1S/C22H25N3O2S.BrH/c1-16-4-9-20(17(2)14-16)23-22-25(24-10-12-27-13-11-24)21(15-28-22)18-5-7-19(26-3)8-6-18;/h4-9,14-15H,10-13H2,1-3H3;1H. The molecular formula is C22H26BrN3O2S. The lowest BCUT2D eigenvalue weighted by molar-refractivity contribution is 0.111. The number of nitrogens with zero attached hydrogens (tertiary/aromatic N) is 3. The molecule has 1 fully saturated rings. The van der Waals surface area contributed by atoms with Gasteiger partial charge in [0, 0.05) is 10.9 Å². The van der Waals surface area contributed by atoms with Gasteiger partial charge in [-0.05, 0) is 49.7 Å². The van der Waals surface area contributed by atoms with E-state index in [1.54, 1.807) is 18.4 Å². The van der Waals surface area contributed by atoms with E-state index in [4.69, 9.17) is 14.5 Å². The fourth-order valence-corrected chi connectivity index (χ4v) is 4.32. The van der Waals surface area contributed by atoms with E-state index in [2.05, 4.69) is 59.2 Å². The Balaban J connectivity index is 0.00000240. The van der Waals surface area contributed by atoms with E-state index in [-0.39, 0.29) is 17.0 Å². The van der Waals surface area contributed by atoms with Crippen molar-refractivity contribution in [2.24, 2.45) is 4.99 Å². The molecule has 0 aliphatic carbocycles. The molecule has 154 valence electrons. The Morgan fingerprint density at radius 3 is 2.41 bits per heavy atom. The molecular weight excluding hydrogens is 450 g/mol. The minimum atomic E-state index is 0. The Bertz CT molecular complexity index is 1020. The molecule has 0 N–H and O–H groups in total. The van der Waals surface area contributed by atoms with Crippen molar-refractivity contribution in [2.45, 2.75) is 13.8 Å². The first-order chi connectivity index (χ1) is 13.7. The maximum absolute atomic E-state index is 5.57. The van der Waals surface area contributed by atoms with Crippen LogP contribution in [0, 0.1) is 13.8 Å². The van der Waals surface area contributed by atoms with Gasteiger partial charge in [0.1, 0.15) is 5.75 Å². The third-order valence-electron chi connectivity index (χ3n) is 4.91. The van der Waals surface area contributed by atoms with Gasteiger partial charge in [0.05, 0.1) is 44.8 Å². The second kappa shape index (κ2) is 9.61. The quantitative estimate of drug-likeness (QED) is 0.552. The van der Waals surface area contributed by atoms with Crippen LogP contribution in [0.4, 0.5) is 5.69 Å². The van der Waals surface area contributed by atoms with Crippen LogP contribution in [0.25, 0.3) is 11.3 Å². The number of hydrogen-bond acceptors (Lipinski definition) is 5. The van der Waals surface area contributed by atoms with Crippen LogP contribution in [-0.2, 0) is 4.74 Å². The SMILES string of the molecule is Br.COc1ccc(-c2csc(=Nc3ccc(C)cc3C)n2N2CCOCC2)cc1. The molecule has 0 spiro atoms. The monoisotopic (exact) mass is 475 g/mol. The molecule has 1 saturated heterocycles. The van der Waals surface area contributed by atoms with Crippen molar-refractivity contribution in [3.63, 3.8) is 0 Å². The Kier molecular flexibility index (Phi) is 7.16. The molecule has 0 unspecified atom stereocenters. The van der Waals surface area contributed by atoms with Gasteiger partial charge in [0.15, 0.2) is 0 Å². The van der Waals surface area contributed by atoms with Gasteiger partial charge in [-0.15, -0.1) is 28.3 Å². The molecule has 3 aromatic rings. The normalized spacial score (nSPS) is 14.6. The Morgan fingerprint density at radius 1 is 1.03 bits per heavy atom. The van der Waals surface area contributed by atoms with Gasteiger partial charge in [-0.1, -0.05) is 17.7 Å². The number of benzene rings is 2. The number of rotatable bonds is 4. The molecule has 0 amide bonds. The average Bonchev–Trinajstić information content (AvgIpc) is 3.14. The number of morpholine rings is 1. The van der Waals surface area contributed by atoms with E-state index in [0.29, 0.717) is 0 Å². The molecule has 0 saturated carbocycles. The fraction of sp³-hybridized carbons (Fsp3) is 0.318. The topological polar surface area (TPSA) is 39.0 Å². The Morgan fingerprint density at radius 2 is 1.76 bits per heavy atom. The molecule has 4 rings (SSSR count). The average molecular weight is 476 g/mol. The van der Waals surface area contributed by atoms with E-state index in [1.807, 2.05) is 12.1 Å². The highest BCUT2D eigenvalue weighted by atomic mass is 79.9. The first kappa shape index (κ1) is 21.6. The molecule has 1 aliphatic rings. The summed E-state index contributed by atoms with van der Waals surface area (Å²) in [5.41, 5.74) is 5.73. The smallest absolute Gasteiger partial charge is 0.209 e. The van der Waals surface area contributed by atoms with Gasteiger partial charge in [0.2, 0.25) is 4.80 Å². The molecule has 0 atom stereocenters. The minimum Gasteiger partial charge on any atom is -0.497 e. The summed E-state index contributed by atoms with van der Waals surface area (Å²) in [5.74, 6) is 0.858. The maximum atomic E-state index is 5.57. The lowest BCUT2D eigenvalue weighted by atomic mass is 10.1. The molecule has 1 aromatic heterocycles. The maximum Gasteiger partial charge on any atom is 0.209 e. The van der Waals surface area contributed by atoms with Gasteiger partial charge in [-0.3, -0.25) is 0 Å². The summed E-state index contributed by atoms with van der Waals surface area (Å²) >= 11 is 1.66. The zero-order valence-corrected chi connectivity index (χ0v) is 19.5. The van der Waals surface area contributed by atoms with Crippen molar-refractivity contribution < 1.29 is 9.47 Å². The number of halogens is 1. The summed E-state index contributed by atoms with van der Waals surface area (Å²) in [4.78, 5) is 5.98. The van der Waals surface area contributed by atoms with E-state index >= 15 is 0 Å². The van der Waals surface area contributed by atoms with E-state index in [0.717, 1.165) is 53.8 Å². The summed E-state index contributed by atoms with van der Waals surface area (Å²) in [7, 11) is 1.69. The van der Waals surface area contributed by atoms with Gasteiger partial charge in [-0.25, -0.2) is 9.67 Å². The molecule has 0 bridgehead atoms. The van der Waals surface area contributed by atoms with Gasteiger partial charge < -0.3 is 14.5 Å². The second-order valence-corrected chi connectivity index (χ2v) is 7.75. The van der Waals surface area contributed by atoms with Crippen LogP contribution in [0.2, 0.25) is 0 Å². The highest BCUT2D eigenvalue weighted by Crippen LogP contribution is 2.25. The lowest BCUT2D eigenvalue weighted by Crippen LogP contribution is -2.48. The number of ether oxygens (including phenoxy) is 2. The molecule has 29 heavy (non-hydrogen) atoms. The van der Waals surface area contributed by atoms with Crippen molar-refractivity contribution >= 4 is 34.0 Å². The number of aromatic nitrogens is 1. The Labute approximate surface area is 186 Å². The van der Waals surface area contributed by atoms with Gasteiger partial charge in [-0.2, -0.15) is 0 Å². The number of thiazole rings is 1. The van der Waals surface area contributed by atoms with Crippen LogP contribution in [0.5, 0.6) is 5.75 Å². The minimum absolute atomic E-state index is 0. The van der Waals surface area contributed by atoms with E-state index in [9.17, 15) is 0 Å². The van der Waals surface area contributed by atoms with Crippen LogP contribution in [0.1, 0.15) is 11.1 Å². The van der Waals surface area contributed by atoms with Crippen molar-refractivity contribution in [3.8, 4) is 17.0 Å². The first-order valence-electron chi connectivity index (χ1n) is 9.45. The van der Waals surface area contributed by atoms with Crippen molar-refractivity contribution in [2.75, 3.05) is 38.4 Å². The summed E-state index contributed by atoms with van der Waals surface area (Å²) < 4.78 is 13.1. The third-order valence-corrected chi connectivity index (χ3v) is 5.73. The second-order valence-electron chi connectivity index (χ2n) is 6.91. The zero-order valence-electron chi connectivity index (χ0n) is 16.9. The largest absolute Gasteiger partial charge is 0.497 e. The van der Waals surface area contributed by atoms with Crippen LogP contribution in [0.15, 0.2) is 52.8 Å². The number of hydrogen-bond donors (Lipinski definition) is 0. The summed E-state index contributed by atoms with van der Waals surface area (Å²) in [6.45, 7) is 7.38. The van der Waals surface area contributed by atoms with E-state index < -0.39 is 0 Å². The molecule has 7 heteroatoms. The summed E-state index contributed by atoms with van der Waals surface area (Å²) in [6.07, 6.45) is 0. The van der Waals surface area contributed by atoms with Crippen molar-refractivity contribution in [1.29, 1.82) is 0 Å². The molecule has 0 radical (unpaired) electrons. The lowest BCUT2D eigenvalue weighted by Gasteiger charge is -2.31. The summed E-state index contributed by atoms with van der Waals surface area (Å²) in [6, 6.07) is 14.6. The van der Waals surface area contributed by atoms with Crippen LogP contribution in [-0.4, -0.2) is 38.1 Å². The molecule has 1 aliphatic heterocycles. The third kappa shape index (κ3) is 4.74. The summed E-state index contributed by atoms with van der Waals surface area (Å²) in [5, 5.41) is 4.50. The Hall–Kier alpha value is -2.09. The van der Waals surface area contributed by atoms with Gasteiger partial charge in [0.25, 0.3) is 0 Å². The first-order valence-corrected chi connectivity index (χ1v) is 10.3. The molecule has 2 heterocycles.